The Morgan fingerprint density at radius 2 is 1.65 bits per heavy atom. The number of aliphatic hydroxyl groups is 1. The van der Waals surface area contributed by atoms with Gasteiger partial charge in [0.2, 0.25) is 0 Å². The van der Waals surface area contributed by atoms with E-state index in [4.69, 9.17) is 4.74 Å². The van der Waals surface area contributed by atoms with E-state index in [0.29, 0.717) is 18.0 Å². The quantitative estimate of drug-likeness (QED) is 0.710. The fourth-order valence-corrected chi connectivity index (χ4v) is 6.23. The Kier molecular flexibility index (Phi) is 6.31. The van der Waals surface area contributed by atoms with Crippen molar-refractivity contribution in [2.24, 2.45) is 5.92 Å². The first-order valence-electron chi connectivity index (χ1n) is 12.1. The van der Waals surface area contributed by atoms with Crippen LogP contribution in [0.5, 0.6) is 5.75 Å². The molecular formula is C27H37N2O2+. The third-order valence-electron chi connectivity index (χ3n) is 7.90. The van der Waals surface area contributed by atoms with Crippen LogP contribution in [0.1, 0.15) is 56.6 Å². The zero-order valence-electron chi connectivity index (χ0n) is 19.7. The number of hydrogen-bond donors (Lipinski definition) is 1. The fraction of sp³-hybridized carbons (Fsp3) is 0.556. The average molecular weight is 422 g/mol. The predicted molar refractivity (Wildman–Crippen MR) is 126 cm³/mol. The van der Waals surface area contributed by atoms with Crippen LogP contribution in [0.2, 0.25) is 0 Å². The van der Waals surface area contributed by atoms with Crippen molar-refractivity contribution in [3.05, 3.63) is 65.7 Å². The number of ether oxygens (including phenoxy) is 1. The number of methoxy groups -OCH3 is 1. The first-order chi connectivity index (χ1) is 15.3. The topological polar surface area (TPSA) is 35.9 Å². The molecule has 3 aliphatic rings. The molecule has 2 unspecified atom stereocenters. The van der Waals surface area contributed by atoms with Gasteiger partial charge in [0, 0.05) is 18.6 Å². The minimum absolute atomic E-state index is 0. The molecule has 2 heterocycles. The average Bonchev–Trinajstić information content (AvgIpc) is 3.59. The third-order valence-corrected chi connectivity index (χ3v) is 7.90. The highest BCUT2D eigenvalue weighted by molar-refractivity contribution is 5.36. The molecule has 0 bridgehead atoms. The van der Waals surface area contributed by atoms with E-state index in [2.05, 4.69) is 64.4 Å². The summed E-state index contributed by atoms with van der Waals surface area (Å²) in [4.78, 5) is 5.41. The van der Waals surface area contributed by atoms with E-state index in [0.717, 1.165) is 18.2 Å². The molecule has 1 aliphatic carbocycles. The molecular weight excluding hydrogens is 384 g/mol. The van der Waals surface area contributed by atoms with Crippen molar-refractivity contribution in [2.45, 2.75) is 56.1 Å². The van der Waals surface area contributed by atoms with E-state index < -0.39 is 0 Å². The number of hydrogen-bond acceptors (Lipinski definition) is 4. The minimum Gasteiger partial charge on any atom is -0.496 e. The first-order valence-corrected chi connectivity index (χ1v) is 12.1. The molecule has 4 heteroatoms. The van der Waals surface area contributed by atoms with Gasteiger partial charge in [0.15, 0.2) is 0 Å². The van der Waals surface area contributed by atoms with Gasteiger partial charge in [-0.15, -0.1) is 0 Å². The number of rotatable bonds is 7. The van der Waals surface area contributed by atoms with Gasteiger partial charge < -0.3 is 9.84 Å². The van der Waals surface area contributed by atoms with Gasteiger partial charge in [0.05, 0.1) is 19.8 Å². The highest BCUT2D eigenvalue weighted by atomic mass is 16.5. The van der Waals surface area contributed by atoms with Crippen molar-refractivity contribution in [1.82, 2.24) is 9.80 Å². The summed E-state index contributed by atoms with van der Waals surface area (Å²) in [6.07, 6.45) is 6.33. The number of benzene rings is 2. The molecule has 0 amide bonds. The molecule has 2 aliphatic heterocycles. The minimum atomic E-state index is 0. The maximum atomic E-state index is 10.3. The number of piperidine rings is 1. The molecule has 4 nitrogen and oxygen atoms in total. The molecule has 0 spiro atoms. The molecule has 0 radical (unpaired) electrons. The Morgan fingerprint density at radius 1 is 0.935 bits per heavy atom. The van der Waals surface area contributed by atoms with Gasteiger partial charge in [0.25, 0.3) is 0 Å². The summed E-state index contributed by atoms with van der Waals surface area (Å²) in [7, 11) is 1.78. The molecule has 2 saturated heterocycles. The second-order valence-electron chi connectivity index (χ2n) is 9.58. The third kappa shape index (κ3) is 4.26. The van der Waals surface area contributed by atoms with Crippen LogP contribution in [0.15, 0.2) is 54.6 Å². The fourth-order valence-electron chi connectivity index (χ4n) is 6.23. The predicted octanol–water partition coefficient (Wildman–Crippen LogP) is 4.57. The molecule has 3 atom stereocenters. The number of nitrogens with zero attached hydrogens (tertiary/aromatic N) is 2. The van der Waals surface area contributed by atoms with Crippen LogP contribution < -0.4 is 4.74 Å². The largest absolute Gasteiger partial charge is 1.00 e. The first kappa shape index (κ1) is 21.0. The van der Waals surface area contributed by atoms with Gasteiger partial charge in [-0.1, -0.05) is 48.5 Å². The smallest absolute Gasteiger partial charge is 0.496 e. The van der Waals surface area contributed by atoms with Crippen LogP contribution in [0, 0.1) is 5.92 Å². The Morgan fingerprint density at radius 3 is 2.32 bits per heavy atom. The summed E-state index contributed by atoms with van der Waals surface area (Å²) < 4.78 is 5.63. The standard InChI is InChI=1S/C27H36N2O2/c1-31-26-10-6-5-9-23(26)20-13-16-28(17-14-20)24-15-18-29(27(24)22-11-12-22)25(19-30)21-7-3-2-4-8-21/h2-10,20,22,24-25,27,30H,11-19H2,1H3/p+1/t24-,25?,27?/m1/s1. The summed E-state index contributed by atoms with van der Waals surface area (Å²) in [5.74, 6) is 2.44. The summed E-state index contributed by atoms with van der Waals surface area (Å²) in [5.41, 5.74) is 2.63. The maximum Gasteiger partial charge on any atom is 1.00 e. The number of para-hydroxylation sites is 1. The molecule has 2 aromatic carbocycles. The Hall–Kier alpha value is -1.88. The van der Waals surface area contributed by atoms with E-state index in [-0.39, 0.29) is 14.1 Å². The van der Waals surface area contributed by atoms with E-state index in [1.54, 1.807) is 7.11 Å². The van der Waals surface area contributed by atoms with E-state index in [1.165, 1.54) is 56.3 Å². The molecule has 1 N–H and O–H groups in total. The number of likely N-dealkylation sites (tertiary alicyclic amines) is 2. The van der Waals surface area contributed by atoms with Crippen molar-refractivity contribution in [3.8, 4) is 5.75 Å². The van der Waals surface area contributed by atoms with Gasteiger partial charge in [-0.3, -0.25) is 9.80 Å². The zero-order chi connectivity index (χ0) is 21.2. The monoisotopic (exact) mass is 421 g/mol. The van der Waals surface area contributed by atoms with Crippen LogP contribution in [0.25, 0.3) is 0 Å². The zero-order valence-corrected chi connectivity index (χ0v) is 18.7. The summed E-state index contributed by atoms with van der Waals surface area (Å²) in [6, 6.07) is 20.5. The van der Waals surface area contributed by atoms with E-state index >= 15 is 0 Å². The molecule has 3 fully saturated rings. The van der Waals surface area contributed by atoms with Crippen LogP contribution >= 0.6 is 0 Å². The lowest BCUT2D eigenvalue weighted by Crippen LogP contribution is -2.50. The molecule has 31 heavy (non-hydrogen) atoms. The van der Waals surface area contributed by atoms with Crippen molar-refractivity contribution < 1.29 is 11.3 Å². The van der Waals surface area contributed by atoms with Crippen LogP contribution in [-0.2, 0) is 0 Å². The Balaban J connectivity index is 0.00000245. The van der Waals surface area contributed by atoms with Gasteiger partial charge in [-0.25, -0.2) is 0 Å². The summed E-state index contributed by atoms with van der Waals surface area (Å²) in [6.45, 7) is 3.63. The summed E-state index contributed by atoms with van der Waals surface area (Å²) >= 11 is 0. The molecule has 166 valence electrons. The highest BCUT2D eigenvalue weighted by Gasteiger charge is 2.48. The molecule has 0 aromatic heterocycles. The molecule has 5 rings (SSSR count). The van der Waals surface area contributed by atoms with Crippen LogP contribution in [-0.4, -0.2) is 60.3 Å². The number of aliphatic hydroxyl groups excluding tert-OH is 1. The SMILES string of the molecule is COc1ccccc1C1CCN([C@@H]2CCN(C(CO)c3ccccc3)C2C2CC2)CC1.[H+]. The Bertz CT molecular complexity index is 852. The lowest BCUT2D eigenvalue weighted by atomic mass is 9.87. The maximum absolute atomic E-state index is 10.3. The lowest BCUT2D eigenvalue weighted by molar-refractivity contribution is 0.0610. The second-order valence-corrected chi connectivity index (χ2v) is 9.58. The second kappa shape index (κ2) is 9.32. The van der Waals surface area contributed by atoms with Gasteiger partial charge in [-0.2, -0.15) is 0 Å². The molecule has 1 saturated carbocycles. The van der Waals surface area contributed by atoms with E-state index in [1.807, 2.05) is 0 Å². The summed E-state index contributed by atoms with van der Waals surface area (Å²) in [5, 5.41) is 10.3. The lowest BCUT2D eigenvalue weighted by Gasteiger charge is -2.41. The van der Waals surface area contributed by atoms with Crippen LogP contribution in [0.3, 0.4) is 0 Å². The van der Waals surface area contributed by atoms with E-state index in [9.17, 15) is 5.11 Å². The highest BCUT2D eigenvalue weighted by Crippen LogP contribution is 2.46. The van der Waals surface area contributed by atoms with Crippen molar-refractivity contribution in [3.63, 3.8) is 0 Å². The Labute approximate surface area is 188 Å². The van der Waals surface area contributed by atoms with Crippen molar-refractivity contribution in [1.29, 1.82) is 0 Å². The van der Waals surface area contributed by atoms with Crippen LogP contribution in [0.4, 0.5) is 0 Å². The molecule has 2 aromatic rings. The van der Waals surface area contributed by atoms with Gasteiger partial charge >= 0.3 is 1.43 Å². The van der Waals surface area contributed by atoms with Crippen molar-refractivity contribution >= 4 is 0 Å². The van der Waals surface area contributed by atoms with Gasteiger partial charge in [0.1, 0.15) is 5.75 Å². The van der Waals surface area contributed by atoms with Crippen molar-refractivity contribution in [2.75, 3.05) is 33.4 Å². The normalized spacial score (nSPS) is 26.8. The van der Waals surface area contributed by atoms with Gasteiger partial charge in [-0.05, 0) is 74.2 Å².